The normalized spacial score (nSPS) is 22.6. The summed E-state index contributed by atoms with van der Waals surface area (Å²) < 4.78 is 57.5. The molecule has 1 aliphatic rings. The van der Waals surface area contributed by atoms with E-state index in [2.05, 4.69) is 0 Å². The van der Waals surface area contributed by atoms with Gasteiger partial charge in [-0.05, 0) is 12.5 Å². The van der Waals surface area contributed by atoms with Crippen LogP contribution in [-0.4, -0.2) is 30.0 Å². The average molecular weight is 308 g/mol. The van der Waals surface area contributed by atoms with Gasteiger partial charge >= 0.3 is 6.18 Å². The molecule has 0 aromatic heterocycles. The first-order valence-corrected chi connectivity index (χ1v) is 6.16. The van der Waals surface area contributed by atoms with Gasteiger partial charge in [0.25, 0.3) is 5.69 Å². The second-order valence-corrected chi connectivity index (χ2v) is 4.59. The van der Waals surface area contributed by atoms with Gasteiger partial charge in [-0.25, -0.2) is 4.39 Å². The molecule has 1 heterocycles. The lowest BCUT2D eigenvalue weighted by Gasteiger charge is -2.31. The molecule has 2 unspecified atom stereocenters. The van der Waals surface area contributed by atoms with Gasteiger partial charge in [0.1, 0.15) is 0 Å². The first-order valence-electron chi connectivity index (χ1n) is 6.16. The van der Waals surface area contributed by atoms with Gasteiger partial charge in [0.2, 0.25) is 6.23 Å². The highest BCUT2D eigenvalue weighted by Crippen LogP contribution is 2.38. The van der Waals surface area contributed by atoms with Crippen molar-refractivity contribution in [2.45, 2.75) is 31.8 Å². The molecule has 0 bridgehead atoms. The van der Waals surface area contributed by atoms with Crippen molar-refractivity contribution in [1.82, 2.24) is 0 Å². The number of nitro groups is 1. The molecule has 0 radical (unpaired) electrons. The van der Waals surface area contributed by atoms with Gasteiger partial charge in [0.15, 0.2) is 5.82 Å². The van der Waals surface area contributed by atoms with Crippen LogP contribution in [-0.2, 0) is 4.74 Å². The lowest BCUT2D eigenvalue weighted by molar-refractivity contribution is -0.385. The Balaban J connectivity index is 2.43. The summed E-state index contributed by atoms with van der Waals surface area (Å²) in [6.45, 7) is 1.47. The van der Waals surface area contributed by atoms with Crippen LogP contribution in [0.4, 0.5) is 28.9 Å². The van der Waals surface area contributed by atoms with Gasteiger partial charge in [-0.15, -0.1) is 0 Å². The highest BCUT2D eigenvalue weighted by atomic mass is 19.4. The van der Waals surface area contributed by atoms with E-state index in [1.807, 2.05) is 0 Å². The summed E-state index contributed by atoms with van der Waals surface area (Å²) >= 11 is 0. The molecule has 0 spiro atoms. The van der Waals surface area contributed by atoms with Crippen LogP contribution in [0.15, 0.2) is 18.2 Å². The fourth-order valence-corrected chi connectivity index (χ4v) is 2.26. The van der Waals surface area contributed by atoms with Crippen LogP contribution in [0.5, 0.6) is 0 Å². The predicted molar refractivity (Wildman–Crippen MR) is 65.4 cm³/mol. The lowest BCUT2D eigenvalue weighted by atomic mass is 10.1. The number of hydrogen-bond donors (Lipinski definition) is 0. The quantitative estimate of drug-likeness (QED) is 0.489. The lowest BCUT2D eigenvalue weighted by Crippen LogP contribution is -2.46. The molecule has 0 N–H and O–H groups in total. The Hall–Kier alpha value is -1.90. The van der Waals surface area contributed by atoms with Crippen molar-refractivity contribution in [1.29, 1.82) is 0 Å². The Bertz CT molecular complexity index is 550. The zero-order valence-electron chi connectivity index (χ0n) is 10.9. The number of non-ortho nitro benzene ring substituents is 1. The van der Waals surface area contributed by atoms with Crippen LogP contribution in [0.3, 0.4) is 0 Å². The Morgan fingerprint density at radius 2 is 2.14 bits per heavy atom. The molecule has 1 aromatic rings. The highest BCUT2D eigenvalue weighted by molar-refractivity contribution is 5.54. The molecule has 1 aromatic carbocycles. The van der Waals surface area contributed by atoms with E-state index >= 15 is 0 Å². The number of anilines is 1. The molecule has 0 saturated carbocycles. The van der Waals surface area contributed by atoms with Crippen molar-refractivity contribution in [3.05, 3.63) is 34.1 Å². The van der Waals surface area contributed by atoms with Crippen molar-refractivity contribution in [2.24, 2.45) is 0 Å². The number of hydrogen-bond acceptors (Lipinski definition) is 4. The third-order valence-corrected chi connectivity index (χ3v) is 3.26. The van der Waals surface area contributed by atoms with Gasteiger partial charge in [-0.1, -0.05) is 6.92 Å². The summed E-state index contributed by atoms with van der Waals surface area (Å²) in [4.78, 5) is 10.5. The standard InChI is InChI=1S/C12H12F4N2O3/c1-2-7-6-21-11(12(14,15)16)17(7)10-4-3-8(18(19)20)5-9(10)13/h3-5,7,11H,2,6H2,1H3. The second kappa shape index (κ2) is 5.47. The molecule has 21 heavy (non-hydrogen) atoms. The SMILES string of the molecule is CCC1COC(C(F)(F)F)N1c1ccc([N+](=O)[O-])cc1F. The van der Waals surface area contributed by atoms with Crippen molar-refractivity contribution < 1.29 is 27.2 Å². The fourth-order valence-electron chi connectivity index (χ4n) is 2.26. The average Bonchev–Trinajstić information content (AvgIpc) is 2.81. The molecule has 0 aliphatic carbocycles. The molecule has 116 valence electrons. The molecule has 1 aliphatic heterocycles. The van der Waals surface area contributed by atoms with Crippen LogP contribution in [0.2, 0.25) is 0 Å². The maximum Gasteiger partial charge on any atom is 0.433 e. The molecule has 1 fully saturated rings. The molecule has 2 atom stereocenters. The number of benzene rings is 1. The second-order valence-electron chi connectivity index (χ2n) is 4.59. The van der Waals surface area contributed by atoms with Crippen LogP contribution < -0.4 is 4.90 Å². The molecular formula is C12H12F4N2O3. The van der Waals surface area contributed by atoms with Crippen LogP contribution in [0.25, 0.3) is 0 Å². The Kier molecular flexibility index (Phi) is 4.04. The number of alkyl halides is 3. The zero-order chi connectivity index (χ0) is 15.8. The van der Waals surface area contributed by atoms with E-state index < -0.39 is 34.9 Å². The third kappa shape index (κ3) is 2.92. The van der Waals surface area contributed by atoms with Crippen molar-refractivity contribution in [2.75, 3.05) is 11.5 Å². The largest absolute Gasteiger partial charge is 0.433 e. The zero-order valence-corrected chi connectivity index (χ0v) is 10.9. The van der Waals surface area contributed by atoms with Crippen LogP contribution in [0.1, 0.15) is 13.3 Å². The van der Waals surface area contributed by atoms with Gasteiger partial charge in [0.05, 0.1) is 29.3 Å². The molecule has 0 amide bonds. The summed E-state index contributed by atoms with van der Waals surface area (Å²) in [5, 5.41) is 10.6. The van der Waals surface area contributed by atoms with E-state index in [1.54, 1.807) is 6.92 Å². The number of halogens is 4. The third-order valence-electron chi connectivity index (χ3n) is 3.26. The first kappa shape index (κ1) is 15.5. The summed E-state index contributed by atoms with van der Waals surface area (Å²) in [7, 11) is 0. The maximum atomic E-state index is 14.0. The number of rotatable bonds is 3. The van der Waals surface area contributed by atoms with Crippen LogP contribution in [0, 0.1) is 15.9 Å². The number of ether oxygens (including phenoxy) is 1. The fraction of sp³-hybridized carbons (Fsp3) is 0.500. The summed E-state index contributed by atoms with van der Waals surface area (Å²) in [6, 6.07) is 1.90. The predicted octanol–water partition coefficient (Wildman–Crippen LogP) is 3.24. The van der Waals surface area contributed by atoms with E-state index in [4.69, 9.17) is 4.74 Å². The smallest absolute Gasteiger partial charge is 0.348 e. The van der Waals surface area contributed by atoms with E-state index in [1.165, 1.54) is 0 Å². The minimum absolute atomic E-state index is 0.183. The number of nitrogens with zero attached hydrogens (tertiary/aromatic N) is 2. The summed E-state index contributed by atoms with van der Waals surface area (Å²) in [5.41, 5.74) is -0.875. The molecule has 1 saturated heterocycles. The summed E-state index contributed by atoms with van der Waals surface area (Å²) in [5.74, 6) is -1.08. The van der Waals surface area contributed by atoms with Gasteiger partial charge in [-0.3, -0.25) is 10.1 Å². The molecule has 2 rings (SSSR count). The van der Waals surface area contributed by atoms with Gasteiger partial charge in [-0.2, -0.15) is 13.2 Å². The minimum Gasteiger partial charge on any atom is -0.348 e. The van der Waals surface area contributed by atoms with Crippen molar-refractivity contribution in [3.63, 3.8) is 0 Å². The molecular weight excluding hydrogens is 296 g/mol. The Labute approximate surface area is 117 Å². The topological polar surface area (TPSA) is 55.6 Å². The maximum absolute atomic E-state index is 14.0. The van der Waals surface area contributed by atoms with Crippen LogP contribution >= 0.6 is 0 Å². The molecule has 5 nitrogen and oxygen atoms in total. The first-order chi connectivity index (χ1) is 9.75. The van der Waals surface area contributed by atoms with E-state index in [0.29, 0.717) is 12.5 Å². The number of nitro benzene ring substituents is 1. The van der Waals surface area contributed by atoms with Crippen molar-refractivity contribution >= 4 is 11.4 Å². The van der Waals surface area contributed by atoms with E-state index in [-0.39, 0.29) is 12.3 Å². The molecule has 9 heteroatoms. The van der Waals surface area contributed by atoms with E-state index in [0.717, 1.165) is 17.0 Å². The monoisotopic (exact) mass is 308 g/mol. The van der Waals surface area contributed by atoms with Gasteiger partial charge in [0, 0.05) is 6.07 Å². The summed E-state index contributed by atoms with van der Waals surface area (Å²) in [6.07, 6.45) is -6.61. The Morgan fingerprint density at radius 1 is 1.48 bits per heavy atom. The van der Waals surface area contributed by atoms with E-state index in [9.17, 15) is 27.7 Å². The van der Waals surface area contributed by atoms with Gasteiger partial charge < -0.3 is 9.64 Å². The van der Waals surface area contributed by atoms with Crippen molar-refractivity contribution in [3.8, 4) is 0 Å². The highest BCUT2D eigenvalue weighted by Gasteiger charge is 2.51. The minimum atomic E-state index is -4.68. The Morgan fingerprint density at radius 3 is 2.62 bits per heavy atom.